The summed E-state index contributed by atoms with van der Waals surface area (Å²) >= 11 is 0. The van der Waals surface area contributed by atoms with Crippen molar-refractivity contribution in [3.8, 4) is 0 Å². The summed E-state index contributed by atoms with van der Waals surface area (Å²) in [5.74, 6) is 0.496. The van der Waals surface area contributed by atoms with Crippen molar-refractivity contribution in [3.63, 3.8) is 0 Å². The second kappa shape index (κ2) is 9.67. The lowest BCUT2D eigenvalue weighted by atomic mass is 9.95. The van der Waals surface area contributed by atoms with Crippen molar-refractivity contribution < 1.29 is 9.53 Å². The van der Waals surface area contributed by atoms with Crippen LogP contribution in [0.4, 0.5) is 11.4 Å². The first kappa shape index (κ1) is 18.8. The summed E-state index contributed by atoms with van der Waals surface area (Å²) in [7, 11) is 0. The molecule has 1 atom stereocenters. The number of nitrogens with one attached hydrogen (secondary N) is 2. The number of hydrogen-bond donors (Lipinski definition) is 2. The van der Waals surface area contributed by atoms with Gasteiger partial charge in [-0.3, -0.25) is 4.79 Å². The number of anilines is 2. The van der Waals surface area contributed by atoms with Crippen molar-refractivity contribution >= 4 is 17.3 Å². The van der Waals surface area contributed by atoms with E-state index in [9.17, 15) is 4.79 Å². The summed E-state index contributed by atoms with van der Waals surface area (Å²) in [5.41, 5.74) is 1.94. The zero-order chi connectivity index (χ0) is 17.4. The van der Waals surface area contributed by atoms with Crippen LogP contribution in [0.2, 0.25) is 0 Å². The Balaban J connectivity index is 1.76. The minimum absolute atomic E-state index is 0.0910. The third-order valence-corrected chi connectivity index (χ3v) is 4.56. The normalized spacial score (nSPS) is 16.8. The molecular formula is C20H32N2O2. The molecule has 4 nitrogen and oxygen atoms in total. The van der Waals surface area contributed by atoms with E-state index >= 15 is 0 Å². The fourth-order valence-corrected chi connectivity index (χ4v) is 2.93. The molecule has 0 aromatic heterocycles. The Morgan fingerprint density at radius 3 is 2.33 bits per heavy atom. The summed E-state index contributed by atoms with van der Waals surface area (Å²) in [6.45, 7) is 6.72. The predicted octanol–water partition coefficient (Wildman–Crippen LogP) is 4.82. The van der Waals surface area contributed by atoms with Crippen LogP contribution in [0.5, 0.6) is 0 Å². The van der Waals surface area contributed by atoms with Gasteiger partial charge in [-0.2, -0.15) is 0 Å². The van der Waals surface area contributed by atoms with Crippen LogP contribution in [0.15, 0.2) is 24.3 Å². The van der Waals surface area contributed by atoms with Crippen LogP contribution >= 0.6 is 0 Å². The smallest absolute Gasteiger partial charge is 0.253 e. The number of benzene rings is 1. The highest BCUT2D eigenvalue weighted by Crippen LogP contribution is 2.22. The van der Waals surface area contributed by atoms with Crippen molar-refractivity contribution in [1.29, 1.82) is 0 Å². The van der Waals surface area contributed by atoms with Crippen LogP contribution in [0.3, 0.4) is 0 Å². The Morgan fingerprint density at radius 1 is 1.08 bits per heavy atom. The second-order valence-electron chi connectivity index (χ2n) is 7.24. The summed E-state index contributed by atoms with van der Waals surface area (Å²) in [6.07, 6.45) is 7.05. The van der Waals surface area contributed by atoms with Crippen molar-refractivity contribution in [3.05, 3.63) is 24.3 Å². The van der Waals surface area contributed by atoms with Gasteiger partial charge in [-0.25, -0.2) is 0 Å². The molecule has 1 aliphatic rings. The molecule has 1 saturated carbocycles. The molecule has 134 valence electrons. The molecule has 1 aromatic rings. The van der Waals surface area contributed by atoms with Crippen LogP contribution in [0.25, 0.3) is 0 Å². The zero-order valence-electron chi connectivity index (χ0n) is 15.3. The van der Waals surface area contributed by atoms with E-state index in [1.54, 1.807) is 6.92 Å². The number of amides is 1. The molecule has 0 radical (unpaired) electrons. The van der Waals surface area contributed by atoms with Crippen molar-refractivity contribution in [2.75, 3.05) is 17.2 Å². The Kier molecular flexibility index (Phi) is 7.57. The zero-order valence-corrected chi connectivity index (χ0v) is 15.3. The maximum atomic E-state index is 12.1. The summed E-state index contributed by atoms with van der Waals surface area (Å²) in [5, 5.41) is 6.50. The van der Waals surface area contributed by atoms with E-state index in [0.717, 1.165) is 17.8 Å². The molecule has 0 heterocycles. The molecule has 1 aromatic carbocycles. The predicted molar refractivity (Wildman–Crippen MR) is 100 cm³/mol. The van der Waals surface area contributed by atoms with E-state index in [0.29, 0.717) is 18.6 Å². The lowest BCUT2D eigenvalue weighted by Crippen LogP contribution is -2.28. The SMILES string of the molecule is CC(C)CCOC(C)C(=O)Nc1ccc(NC2CCCCC2)cc1. The molecule has 0 aliphatic heterocycles. The third kappa shape index (κ3) is 6.52. The summed E-state index contributed by atoms with van der Waals surface area (Å²) in [4.78, 5) is 12.1. The van der Waals surface area contributed by atoms with Crippen molar-refractivity contribution in [1.82, 2.24) is 0 Å². The van der Waals surface area contributed by atoms with E-state index in [4.69, 9.17) is 4.74 Å². The van der Waals surface area contributed by atoms with E-state index < -0.39 is 6.10 Å². The average Bonchev–Trinajstić information content (AvgIpc) is 2.57. The lowest BCUT2D eigenvalue weighted by Gasteiger charge is -2.24. The third-order valence-electron chi connectivity index (χ3n) is 4.56. The maximum Gasteiger partial charge on any atom is 0.253 e. The first-order valence-electron chi connectivity index (χ1n) is 9.33. The number of carbonyl (C=O) groups excluding carboxylic acids is 1. The Morgan fingerprint density at radius 2 is 1.71 bits per heavy atom. The van der Waals surface area contributed by atoms with Gasteiger partial charge in [0.2, 0.25) is 0 Å². The van der Waals surface area contributed by atoms with Gasteiger partial charge in [-0.05, 0) is 56.4 Å². The van der Waals surface area contributed by atoms with Crippen molar-refractivity contribution in [2.24, 2.45) is 5.92 Å². The van der Waals surface area contributed by atoms with Gasteiger partial charge in [0.1, 0.15) is 6.10 Å². The first-order valence-corrected chi connectivity index (χ1v) is 9.33. The fourth-order valence-electron chi connectivity index (χ4n) is 2.93. The van der Waals surface area contributed by atoms with Crippen LogP contribution in [-0.2, 0) is 9.53 Å². The first-order chi connectivity index (χ1) is 11.5. The highest BCUT2D eigenvalue weighted by atomic mass is 16.5. The number of carbonyl (C=O) groups is 1. The minimum Gasteiger partial charge on any atom is -0.382 e. The van der Waals surface area contributed by atoms with E-state index in [1.807, 2.05) is 24.3 Å². The number of ether oxygens (including phenoxy) is 1. The molecule has 2 N–H and O–H groups in total. The molecule has 1 fully saturated rings. The molecule has 2 rings (SSSR count). The van der Waals surface area contributed by atoms with Gasteiger partial charge in [0.15, 0.2) is 0 Å². The van der Waals surface area contributed by atoms with Gasteiger partial charge < -0.3 is 15.4 Å². The molecule has 0 bridgehead atoms. The topological polar surface area (TPSA) is 50.4 Å². The summed E-state index contributed by atoms with van der Waals surface area (Å²) in [6, 6.07) is 8.56. The van der Waals surface area contributed by atoms with Crippen molar-refractivity contribution in [2.45, 2.75) is 71.4 Å². The van der Waals surface area contributed by atoms with Gasteiger partial charge in [0.25, 0.3) is 5.91 Å². The van der Waals surface area contributed by atoms with Gasteiger partial charge in [-0.1, -0.05) is 33.1 Å². The lowest BCUT2D eigenvalue weighted by molar-refractivity contribution is -0.126. The van der Waals surface area contributed by atoms with Gasteiger partial charge in [0, 0.05) is 24.0 Å². The minimum atomic E-state index is -0.427. The van der Waals surface area contributed by atoms with Gasteiger partial charge in [0.05, 0.1) is 0 Å². The highest BCUT2D eigenvalue weighted by molar-refractivity contribution is 5.94. The Bertz CT molecular complexity index is 493. The van der Waals surface area contributed by atoms with E-state index in [-0.39, 0.29) is 5.91 Å². The highest BCUT2D eigenvalue weighted by Gasteiger charge is 2.15. The maximum absolute atomic E-state index is 12.1. The molecule has 0 saturated heterocycles. The van der Waals surface area contributed by atoms with Crippen LogP contribution in [-0.4, -0.2) is 24.7 Å². The molecule has 0 spiro atoms. The molecule has 24 heavy (non-hydrogen) atoms. The van der Waals surface area contributed by atoms with Crippen LogP contribution in [0.1, 0.15) is 59.3 Å². The monoisotopic (exact) mass is 332 g/mol. The van der Waals surface area contributed by atoms with E-state index in [2.05, 4.69) is 24.5 Å². The molecule has 1 aliphatic carbocycles. The Labute approximate surface area is 146 Å². The summed E-state index contributed by atoms with van der Waals surface area (Å²) < 4.78 is 5.59. The molecule has 4 heteroatoms. The quantitative estimate of drug-likeness (QED) is 0.717. The number of hydrogen-bond acceptors (Lipinski definition) is 3. The number of rotatable bonds is 8. The van der Waals surface area contributed by atoms with Crippen LogP contribution < -0.4 is 10.6 Å². The fraction of sp³-hybridized carbons (Fsp3) is 0.650. The van der Waals surface area contributed by atoms with E-state index in [1.165, 1.54) is 32.1 Å². The largest absolute Gasteiger partial charge is 0.382 e. The standard InChI is InChI=1S/C20H32N2O2/c1-15(2)13-14-24-16(3)20(23)22-19-11-9-18(10-12-19)21-17-7-5-4-6-8-17/h9-12,15-17,21H,4-8,13-14H2,1-3H3,(H,22,23). The van der Waals surface area contributed by atoms with Crippen LogP contribution in [0, 0.1) is 5.92 Å². The average molecular weight is 332 g/mol. The molecule has 1 amide bonds. The van der Waals surface area contributed by atoms with Gasteiger partial charge >= 0.3 is 0 Å². The van der Waals surface area contributed by atoms with Gasteiger partial charge in [-0.15, -0.1) is 0 Å². The molecule has 1 unspecified atom stereocenters. The Hall–Kier alpha value is -1.55. The second-order valence-corrected chi connectivity index (χ2v) is 7.24. The molecular weight excluding hydrogens is 300 g/mol.